The van der Waals surface area contributed by atoms with Crippen LogP contribution in [0.15, 0.2) is 47.2 Å². The number of aliphatic hydroxyl groups excluding tert-OH is 1. The summed E-state index contributed by atoms with van der Waals surface area (Å²) < 4.78 is 7.37. The van der Waals surface area contributed by atoms with Crippen molar-refractivity contribution in [3.63, 3.8) is 0 Å². The van der Waals surface area contributed by atoms with E-state index in [4.69, 9.17) is 4.52 Å². The lowest BCUT2D eigenvalue weighted by atomic mass is 10.1. The molecule has 8 nitrogen and oxygen atoms in total. The highest BCUT2D eigenvalue weighted by molar-refractivity contribution is 5.74. The molecule has 2 amide bonds. The second-order valence-electron chi connectivity index (χ2n) is 8.43. The fraction of sp³-hybridized carbons (Fsp3) is 0.375. The molecule has 0 spiro atoms. The number of carbonyl (C=O) groups is 1. The van der Waals surface area contributed by atoms with Crippen LogP contribution in [0.2, 0.25) is 0 Å². The first kappa shape index (κ1) is 20.3. The summed E-state index contributed by atoms with van der Waals surface area (Å²) in [5, 5.41) is 16.6. The van der Waals surface area contributed by atoms with E-state index < -0.39 is 6.10 Å². The number of fused-ring (bicyclic) bond motifs is 1. The zero-order valence-electron chi connectivity index (χ0n) is 18.0. The van der Waals surface area contributed by atoms with Crippen LogP contribution in [0.4, 0.5) is 4.79 Å². The molecule has 2 aliphatic rings. The summed E-state index contributed by atoms with van der Waals surface area (Å²) in [5.74, 6) is 9.35. The highest BCUT2D eigenvalue weighted by Crippen LogP contribution is 2.51. The van der Waals surface area contributed by atoms with Crippen LogP contribution in [0.3, 0.4) is 0 Å². The van der Waals surface area contributed by atoms with Crippen molar-refractivity contribution < 1.29 is 14.4 Å². The van der Waals surface area contributed by atoms with E-state index in [-0.39, 0.29) is 6.03 Å². The van der Waals surface area contributed by atoms with Crippen LogP contribution in [0.1, 0.15) is 30.1 Å². The van der Waals surface area contributed by atoms with Crippen LogP contribution in [-0.2, 0) is 6.54 Å². The number of aliphatic hydroxyl groups is 1. The molecule has 2 fully saturated rings. The fourth-order valence-corrected chi connectivity index (χ4v) is 4.47. The van der Waals surface area contributed by atoms with E-state index in [2.05, 4.69) is 27.3 Å². The summed E-state index contributed by atoms with van der Waals surface area (Å²) in [6, 6.07) is 9.84. The largest absolute Gasteiger partial charge is 0.385 e. The van der Waals surface area contributed by atoms with E-state index in [1.165, 1.54) is 0 Å². The van der Waals surface area contributed by atoms with Gasteiger partial charge in [0, 0.05) is 55.6 Å². The minimum atomic E-state index is -0.644. The van der Waals surface area contributed by atoms with Gasteiger partial charge in [0.25, 0.3) is 0 Å². The van der Waals surface area contributed by atoms with E-state index in [0.717, 1.165) is 29.9 Å². The Balaban J connectivity index is 1.20. The molecule has 0 bridgehead atoms. The number of hydrogen-bond acceptors (Lipinski definition) is 5. The summed E-state index contributed by atoms with van der Waals surface area (Å²) >= 11 is 0. The maximum atomic E-state index is 11.7. The topological polar surface area (TPSA) is 96.4 Å². The van der Waals surface area contributed by atoms with Crippen molar-refractivity contribution in [2.75, 3.05) is 20.1 Å². The lowest BCUT2D eigenvalue weighted by Crippen LogP contribution is -2.38. The predicted molar refractivity (Wildman–Crippen MR) is 117 cm³/mol. The summed E-state index contributed by atoms with van der Waals surface area (Å²) in [6.07, 6.45) is 2.83. The number of carbonyl (C=O) groups excluding carboxylic acids is 1. The zero-order chi connectivity index (χ0) is 22.2. The number of aromatic nitrogens is 3. The molecule has 1 saturated carbocycles. The number of rotatable bonds is 4. The van der Waals surface area contributed by atoms with Crippen LogP contribution >= 0.6 is 0 Å². The first-order chi connectivity index (χ1) is 15.5. The molecule has 1 aliphatic carbocycles. The SMILES string of the molecule is CNC(=O)N1C[C@@H]2C(C#Cc3ccc(-c4cc(Cn5ccnc5[C@H](C)O)no4)cc3)[C@@H]2C1. The fourth-order valence-electron chi connectivity index (χ4n) is 4.47. The van der Waals surface area contributed by atoms with E-state index >= 15 is 0 Å². The van der Waals surface area contributed by atoms with Crippen LogP contribution in [0.5, 0.6) is 0 Å². The number of nitrogens with zero attached hydrogens (tertiary/aromatic N) is 4. The second-order valence-corrected chi connectivity index (χ2v) is 8.43. The summed E-state index contributed by atoms with van der Waals surface area (Å²) in [5.41, 5.74) is 2.65. The van der Waals surface area contributed by atoms with Gasteiger partial charge < -0.3 is 24.4 Å². The maximum absolute atomic E-state index is 11.7. The summed E-state index contributed by atoms with van der Waals surface area (Å²) in [4.78, 5) is 17.7. The van der Waals surface area contributed by atoms with Gasteiger partial charge >= 0.3 is 6.03 Å². The Kier molecular flexibility index (Phi) is 5.19. The van der Waals surface area contributed by atoms with Gasteiger partial charge in [-0.3, -0.25) is 0 Å². The predicted octanol–water partition coefficient (Wildman–Crippen LogP) is 2.51. The number of likely N-dealkylation sites (tertiary alicyclic amines) is 1. The summed E-state index contributed by atoms with van der Waals surface area (Å²) in [6.45, 7) is 3.77. The monoisotopic (exact) mass is 431 g/mol. The number of benzene rings is 1. The lowest BCUT2D eigenvalue weighted by Gasteiger charge is -2.17. The Morgan fingerprint density at radius 3 is 2.75 bits per heavy atom. The molecule has 1 unspecified atom stereocenters. The van der Waals surface area contributed by atoms with Gasteiger partial charge in [0.15, 0.2) is 5.76 Å². The van der Waals surface area contributed by atoms with E-state index in [1.807, 2.05) is 46.0 Å². The molecule has 8 heteroatoms. The molecule has 1 saturated heterocycles. The van der Waals surface area contributed by atoms with Crippen molar-refractivity contribution in [2.45, 2.75) is 19.6 Å². The van der Waals surface area contributed by atoms with Crippen LogP contribution in [0.25, 0.3) is 11.3 Å². The van der Waals surface area contributed by atoms with Gasteiger partial charge in [0.2, 0.25) is 0 Å². The molecule has 164 valence electrons. The molecule has 0 radical (unpaired) electrons. The first-order valence-electron chi connectivity index (χ1n) is 10.8. The van der Waals surface area contributed by atoms with Gasteiger partial charge in [-0.05, 0) is 43.0 Å². The quantitative estimate of drug-likeness (QED) is 0.619. The molecule has 5 rings (SSSR count). The highest BCUT2D eigenvalue weighted by Gasteiger charge is 2.56. The molecule has 2 aromatic heterocycles. The average molecular weight is 431 g/mol. The third kappa shape index (κ3) is 3.87. The maximum Gasteiger partial charge on any atom is 0.317 e. The van der Waals surface area contributed by atoms with Gasteiger partial charge in [-0.15, -0.1) is 0 Å². The van der Waals surface area contributed by atoms with E-state index in [0.29, 0.717) is 35.9 Å². The van der Waals surface area contributed by atoms with Crippen LogP contribution in [0, 0.1) is 29.6 Å². The molecule has 2 N–H and O–H groups in total. The van der Waals surface area contributed by atoms with E-state index in [9.17, 15) is 9.90 Å². The van der Waals surface area contributed by atoms with E-state index in [1.54, 1.807) is 20.2 Å². The smallest absolute Gasteiger partial charge is 0.317 e. The second kappa shape index (κ2) is 8.17. The standard InChI is InChI=1S/C24H25N5O3/c1-15(30)23-26-9-10-28(23)12-18-11-22(32-27-18)17-6-3-16(4-7-17)5-8-19-20-13-29(14-21(19)20)24(31)25-2/h3-4,6-7,9-11,15,19-21,30H,12-14H2,1-2H3,(H,25,31)/t15-,19?,20-,21+/m0/s1. The number of nitrogens with one attached hydrogen (secondary N) is 1. The van der Waals surface area contributed by atoms with Crippen molar-refractivity contribution in [3.8, 4) is 23.2 Å². The average Bonchev–Trinajstić information content (AvgIpc) is 3.29. The van der Waals surface area contributed by atoms with Crippen molar-refractivity contribution >= 4 is 6.03 Å². The van der Waals surface area contributed by atoms with Gasteiger partial charge in [0.1, 0.15) is 17.6 Å². The van der Waals surface area contributed by atoms with Gasteiger partial charge in [-0.25, -0.2) is 9.78 Å². The summed E-state index contributed by atoms with van der Waals surface area (Å²) in [7, 11) is 1.67. The van der Waals surface area contributed by atoms with Crippen molar-refractivity contribution in [1.82, 2.24) is 24.9 Å². The number of imidazole rings is 1. The number of urea groups is 1. The Labute approximate surface area is 186 Å². The van der Waals surface area contributed by atoms with Gasteiger partial charge in [0.05, 0.1) is 6.54 Å². The first-order valence-corrected chi connectivity index (χ1v) is 10.8. The highest BCUT2D eigenvalue weighted by atomic mass is 16.5. The third-order valence-electron chi connectivity index (χ3n) is 6.26. The Bertz CT molecular complexity index is 1170. The van der Waals surface area contributed by atoms with Gasteiger partial charge in [-0.2, -0.15) is 0 Å². The number of hydrogen-bond donors (Lipinski definition) is 2. The van der Waals surface area contributed by atoms with Crippen LogP contribution in [-0.4, -0.2) is 50.9 Å². The lowest BCUT2D eigenvalue weighted by molar-refractivity contribution is 0.184. The molecule has 3 heterocycles. The van der Waals surface area contributed by atoms with Crippen LogP contribution < -0.4 is 5.32 Å². The Hall–Kier alpha value is -3.57. The zero-order valence-corrected chi connectivity index (χ0v) is 18.0. The molecular weight excluding hydrogens is 406 g/mol. The van der Waals surface area contributed by atoms with Crippen molar-refractivity contribution in [2.24, 2.45) is 17.8 Å². The van der Waals surface area contributed by atoms with Crippen molar-refractivity contribution in [1.29, 1.82) is 0 Å². The third-order valence-corrected chi connectivity index (χ3v) is 6.26. The Morgan fingerprint density at radius 1 is 1.31 bits per heavy atom. The minimum absolute atomic E-state index is 0.00323. The van der Waals surface area contributed by atoms with Crippen molar-refractivity contribution in [3.05, 3.63) is 59.8 Å². The normalized spacial score (nSPS) is 22.1. The number of piperidine rings is 1. The molecule has 3 aromatic rings. The minimum Gasteiger partial charge on any atom is -0.385 e. The molecule has 4 atom stereocenters. The number of amides is 2. The Morgan fingerprint density at radius 2 is 2.06 bits per heavy atom. The molecule has 1 aromatic carbocycles. The molecular formula is C24H25N5O3. The molecule has 32 heavy (non-hydrogen) atoms. The molecule has 1 aliphatic heterocycles. The van der Waals surface area contributed by atoms with Gasteiger partial charge in [-0.1, -0.05) is 17.0 Å².